The predicted molar refractivity (Wildman–Crippen MR) is 106 cm³/mol. The van der Waals surface area contributed by atoms with Crippen LogP contribution in [-0.2, 0) is 25.9 Å². The average Bonchev–Trinajstić information content (AvgIpc) is 2.67. The SMILES string of the molecule is O=S(=O)(CC(CBr)OCC#CCOCc1ccccc1)c1ccccc1. The number of ether oxygens (including phenoxy) is 2. The zero-order valence-electron chi connectivity index (χ0n) is 14.3. The Balaban J connectivity index is 1.72. The monoisotopic (exact) mass is 436 g/mol. The summed E-state index contributed by atoms with van der Waals surface area (Å²) in [6.45, 7) is 0.977. The Kier molecular flexibility index (Phi) is 8.86. The first kappa shape index (κ1) is 20.7. The molecule has 0 radical (unpaired) electrons. The van der Waals surface area contributed by atoms with Gasteiger partial charge in [0.05, 0.1) is 23.4 Å². The van der Waals surface area contributed by atoms with E-state index < -0.39 is 15.9 Å². The zero-order chi connectivity index (χ0) is 18.7. The quantitative estimate of drug-likeness (QED) is 0.343. The molecule has 0 aromatic heterocycles. The van der Waals surface area contributed by atoms with Crippen molar-refractivity contribution in [2.75, 3.05) is 24.3 Å². The van der Waals surface area contributed by atoms with Crippen molar-refractivity contribution in [2.45, 2.75) is 17.6 Å². The summed E-state index contributed by atoms with van der Waals surface area (Å²) in [5.74, 6) is 5.63. The number of hydrogen-bond acceptors (Lipinski definition) is 4. The summed E-state index contributed by atoms with van der Waals surface area (Å²) in [5.41, 5.74) is 1.09. The van der Waals surface area contributed by atoms with Crippen LogP contribution in [0.5, 0.6) is 0 Å². The largest absolute Gasteiger partial charge is 0.364 e. The highest BCUT2D eigenvalue weighted by Gasteiger charge is 2.20. The Morgan fingerprint density at radius 3 is 2.19 bits per heavy atom. The molecule has 1 atom stereocenters. The number of hydrogen-bond donors (Lipinski definition) is 0. The van der Waals surface area contributed by atoms with Crippen LogP contribution in [0.15, 0.2) is 65.6 Å². The second kappa shape index (κ2) is 11.1. The molecule has 0 spiro atoms. The minimum Gasteiger partial charge on any atom is -0.364 e. The fourth-order valence-corrected chi connectivity index (χ4v) is 4.35. The molecule has 0 bridgehead atoms. The van der Waals surface area contributed by atoms with Crippen LogP contribution in [0.4, 0.5) is 0 Å². The van der Waals surface area contributed by atoms with E-state index >= 15 is 0 Å². The number of halogens is 1. The third-order valence-electron chi connectivity index (χ3n) is 3.48. The van der Waals surface area contributed by atoms with Crippen LogP contribution in [0.3, 0.4) is 0 Å². The maximum Gasteiger partial charge on any atom is 0.180 e. The third kappa shape index (κ3) is 7.30. The first-order valence-corrected chi connectivity index (χ1v) is 10.9. The lowest BCUT2D eigenvalue weighted by Gasteiger charge is -2.14. The standard InChI is InChI=1S/C20H21BrO4S/c21-15-19(17-26(22,23)20-11-5-2-6-12-20)25-14-8-7-13-24-16-18-9-3-1-4-10-18/h1-6,9-12,19H,13-17H2. The van der Waals surface area contributed by atoms with Crippen molar-refractivity contribution >= 4 is 25.8 Å². The van der Waals surface area contributed by atoms with Crippen LogP contribution in [-0.4, -0.2) is 38.8 Å². The van der Waals surface area contributed by atoms with Gasteiger partial charge in [0.2, 0.25) is 0 Å². The van der Waals surface area contributed by atoms with E-state index in [9.17, 15) is 8.42 Å². The number of sulfone groups is 1. The van der Waals surface area contributed by atoms with E-state index in [0.29, 0.717) is 23.4 Å². The summed E-state index contributed by atoms with van der Waals surface area (Å²) in [5, 5.41) is 0.422. The first-order valence-electron chi connectivity index (χ1n) is 8.14. The van der Waals surface area contributed by atoms with E-state index in [2.05, 4.69) is 27.8 Å². The molecule has 0 saturated heterocycles. The summed E-state index contributed by atoms with van der Waals surface area (Å²) in [4.78, 5) is 0.301. The Bertz CT molecular complexity index is 811. The molecule has 2 rings (SSSR count). The van der Waals surface area contributed by atoms with Crippen molar-refractivity contribution < 1.29 is 17.9 Å². The highest BCUT2D eigenvalue weighted by molar-refractivity contribution is 9.09. The molecule has 2 aromatic carbocycles. The molecule has 0 aliphatic carbocycles. The molecule has 0 heterocycles. The lowest BCUT2D eigenvalue weighted by molar-refractivity contribution is 0.112. The van der Waals surface area contributed by atoms with Crippen molar-refractivity contribution in [3.8, 4) is 11.8 Å². The highest BCUT2D eigenvalue weighted by atomic mass is 79.9. The van der Waals surface area contributed by atoms with Crippen molar-refractivity contribution in [1.82, 2.24) is 0 Å². The van der Waals surface area contributed by atoms with Gasteiger partial charge in [0.15, 0.2) is 9.84 Å². The minimum absolute atomic E-state index is 0.0888. The van der Waals surface area contributed by atoms with E-state index in [4.69, 9.17) is 9.47 Å². The summed E-state index contributed by atoms with van der Waals surface area (Å²) in [7, 11) is -3.38. The van der Waals surface area contributed by atoms with E-state index in [1.54, 1.807) is 30.3 Å². The molecule has 6 heteroatoms. The summed E-state index contributed by atoms with van der Waals surface area (Å²) in [6, 6.07) is 18.2. The van der Waals surface area contributed by atoms with Gasteiger partial charge in [-0.25, -0.2) is 8.42 Å². The Morgan fingerprint density at radius 2 is 1.54 bits per heavy atom. The van der Waals surface area contributed by atoms with Gasteiger partial charge in [-0.3, -0.25) is 0 Å². The molecule has 0 N–H and O–H groups in total. The molecule has 138 valence electrons. The molecule has 1 unspecified atom stereocenters. The lowest BCUT2D eigenvalue weighted by atomic mass is 10.2. The van der Waals surface area contributed by atoms with Crippen molar-refractivity contribution in [1.29, 1.82) is 0 Å². The number of alkyl halides is 1. The van der Waals surface area contributed by atoms with Gasteiger partial charge in [-0.2, -0.15) is 0 Å². The van der Waals surface area contributed by atoms with E-state index in [1.807, 2.05) is 30.3 Å². The lowest BCUT2D eigenvalue weighted by Crippen LogP contribution is -2.26. The van der Waals surface area contributed by atoms with Gasteiger partial charge < -0.3 is 9.47 Å². The molecule has 0 fully saturated rings. The van der Waals surface area contributed by atoms with Gasteiger partial charge in [-0.05, 0) is 17.7 Å². The molecular weight excluding hydrogens is 416 g/mol. The van der Waals surface area contributed by atoms with Crippen molar-refractivity contribution in [3.05, 3.63) is 66.2 Å². The predicted octanol–water partition coefficient (Wildman–Crippen LogP) is 3.46. The number of rotatable bonds is 9. The van der Waals surface area contributed by atoms with E-state index in [1.165, 1.54) is 0 Å². The van der Waals surface area contributed by atoms with Crippen LogP contribution < -0.4 is 0 Å². The fraction of sp³-hybridized carbons (Fsp3) is 0.300. The van der Waals surface area contributed by atoms with Gasteiger partial charge in [0.25, 0.3) is 0 Å². The fourth-order valence-electron chi connectivity index (χ4n) is 2.16. The van der Waals surface area contributed by atoms with Crippen LogP contribution in [0, 0.1) is 11.8 Å². The highest BCUT2D eigenvalue weighted by Crippen LogP contribution is 2.13. The van der Waals surface area contributed by atoms with Gasteiger partial charge in [0, 0.05) is 5.33 Å². The maximum atomic E-state index is 12.4. The molecule has 0 aliphatic heterocycles. The summed E-state index contributed by atoms with van der Waals surface area (Å²) < 4.78 is 35.7. The Labute approximate surface area is 163 Å². The van der Waals surface area contributed by atoms with Gasteiger partial charge in [-0.1, -0.05) is 76.3 Å². The summed E-state index contributed by atoms with van der Waals surface area (Å²) in [6.07, 6.45) is -0.459. The Morgan fingerprint density at radius 1 is 0.923 bits per heavy atom. The second-order valence-electron chi connectivity index (χ2n) is 5.51. The van der Waals surface area contributed by atoms with Crippen molar-refractivity contribution in [2.24, 2.45) is 0 Å². The number of benzene rings is 2. The Hall–Kier alpha value is -1.65. The molecule has 0 saturated carbocycles. The second-order valence-corrected chi connectivity index (χ2v) is 8.20. The molecule has 0 amide bonds. The van der Waals surface area contributed by atoms with Crippen LogP contribution in [0.2, 0.25) is 0 Å². The summed E-state index contributed by atoms with van der Waals surface area (Å²) >= 11 is 3.30. The van der Waals surface area contributed by atoms with E-state index in [0.717, 1.165) is 5.56 Å². The van der Waals surface area contributed by atoms with Gasteiger partial charge in [0.1, 0.15) is 13.2 Å². The molecule has 0 aliphatic rings. The first-order chi connectivity index (χ1) is 12.6. The topological polar surface area (TPSA) is 52.6 Å². The van der Waals surface area contributed by atoms with Crippen LogP contribution in [0.25, 0.3) is 0 Å². The average molecular weight is 437 g/mol. The van der Waals surface area contributed by atoms with Gasteiger partial charge >= 0.3 is 0 Å². The third-order valence-corrected chi connectivity index (χ3v) is 6.00. The normalized spacial score (nSPS) is 12.2. The molecule has 26 heavy (non-hydrogen) atoms. The molecule has 4 nitrogen and oxygen atoms in total. The zero-order valence-corrected chi connectivity index (χ0v) is 16.7. The minimum atomic E-state index is -3.38. The smallest absolute Gasteiger partial charge is 0.180 e. The maximum absolute atomic E-state index is 12.4. The van der Waals surface area contributed by atoms with Crippen LogP contribution >= 0.6 is 15.9 Å². The molecular formula is C20H21BrO4S. The molecule has 2 aromatic rings. The van der Waals surface area contributed by atoms with E-state index in [-0.39, 0.29) is 12.4 Å². The van der Waals surface area contributed by atoms with Crippen molar-refractivity contribution in [3.63, 3.8) is 0 Å². The van der Waals surface area contributed by atoms with Crippen LogP contribution in [0.1, 0.15) is 5.56 Å². The van der Waals surface area contributed by atoms with Gasteiger partial charge in [-0.15, -0.1) is 0 Å².